The molecule has 0 saturated carbocycles. The lowest BCUT2D eigenvalue weighted by atomic mass is 10.1. The Labute approximate surface area is 82.6 Å². The molecule has 1 aliphatic heterocycles. The van der Waals surface area contributed by atoms with Crippen molar-refractivity contribution < 1.29 is 0 Å². The van der Waals surface area contributed by atoms with Gasteiger partial charge in [-0.1, -0.05) is 0 Å². The summed E-state index contributed by atoms with van der Waals surface area (Å²) in [6, 6.07) is 0. The molecule has 0 aliphatic carbocycles. The zero-order valence-corrected chi connectivity index (χ0v) is 8.68. The van der Waals surface area contributed by atoms with E-state index >= 15 is 0 Å². The van der Waals surface area contributed by atoms with Crippen LogP contribution in [0.5, 0.6) is 0 Å². The summed E-state index contributed by atoms with van der Waals surface area (Å²) in [4.78, 5) is 6.65. The average Bonchev–Trinajstić information content (AvgIpc) is 2.71. The van der Waals surface area contributed by atoms with E-state index in [2.05, 4.69) is 9.88 Å². The van der Waals surface area contributed by atoms with Crippen LogP contribution in [0, 0.1) is 12.8 Å². The van der Waals surface area contributed by atoms with Gasteiger partial charge >= 0.3 is 0 Å². The van der Waals surface area contributed by atoms with Crippen molar-refractivity contribution >= 4 is 16.3 Å². The highest BCUT2D eigenvalue weighted by molar-refractivity contribution is 7.15. The molecule has 3 nitrogen and oxygen atoms in total. The van der Waals surface area contributed by atoms with Gasteiger partial charge in [0.15, 0.2) is 0 Å². The summed E-state index contributed by atoms with van der Waals surface area (Å²) >= 11 is 1.77. The fraction of sp³-hybridized carbons (Fsp3) is 0.667. The summed E-state index contributed by atoms with van der Waals surface area (Å²) in [6.07, 6.45) is 3.20. The predicted molar refractivity (Wildman–Crippen MR) is 56.2 cm³/mol. The van der Waals surface area contributed by atoms with E-state index in [-0.39, 0.29) is 0 Å². The van der Waals surface area contributed by atoms with Gasteiger partial charge in [-0.2, -0.15) is 0 Å². The van der Waals surface area contributed by atoms with Crippen LogP contribution in [0.15, 0.2) is 6.20 Å². The molecule has 1 aromatic rings. The van der Waals surface area contributed by atoms with Crippen LogP contribution in [-0.4, -0.2) is 24.6 Å². The molecular weight excluding hydrogens is 182 g/mol. The monoisotopic (exact) mass is 197 g/mol. The SMILES string of the molecule is Cc1ncc(N2CCC(CN)C2)s1. The second kappa shape index (κ2) is 3.64. The number of aryl methyl sites for hydroxylation is 1. The standard InChI is InChI=1S/C9H15N3S/c1-7-11-5-9(13-7)12-3-2-8(4-10)6-12/h5,8H,2-4,6,10H2,1H3. The largest absolute Gasteiger partial charge is 0.362 e. The van der Waals surface area contributed by atoms with Crippen molar-refractivity contribution in [3.05, 3.63) is 11.2 Å². The van der Waals surface area contributed by atoms with Crippen molar-refractivity contribution in [1.82, 2.24) is 4.98 Å². The lowest BCUT2D eigenvalue weighted by molar-refractivity contribution is 0.603. The van der Waals surface area contributed by atoms with Gasteiger partial charge in [0.25, 0.3) is 0 Å². The average molecular weight is 197 g/mol. The van der Waals surface area contributed by atoms with Crippen LogP contribution in [0.25, 0.3) is 0 Å². The van der Waals surface area contributed by atoms with Crippen LogP contribution < -0.4 is 10.6 Å². The Bertz CT molecular complexity index is 284. The second-order valence-corrected chi connectivity index (χ2v) is 4.77. The van der Waals surface area contributed by atoms with E-state index in [1.54, 1.807) is 11.3 Å². The van der Waals surface area contributed by atoms with E-state index in [0.29, 0.717) is 5.92 Å². The smallest absolute Gasteiger partial charge is 0.111 e. The highest BCUT2D eigenvalue weighted by Gasteiger charge is 2.22. The predicted octanol–water partition coefficient (Wildman–Crippen LogP) is 1.24. The molecule has 1 aromatic heterocycles. The Balaban J connectivity index is 2.03. The number of nitrogens with two attached hydrogens (primary N) is 1. The summed E-state index contributed by atoms with van der Waals surface area (Å²) in [7, 11) is 0. The summed E-state index contributed by atoms with van der Waals surface area (Å²) in [5, 5.41) is 2.44. The Kier molecular flexibility index (Phi) is 2.51. The van der Waals surface area contributed by atoms with Crippen molar-refractivity contribution in [3.63, 3.8) is 0 Å². The molecule has 1 atom stereocenters. The van der Waals surface area contributed by atoms with E-state index in [9.17, 15) is 0 Å². The highest BCUT2D eigenvalue weighted by Crippen LogP contribution is 2.28. The maximum Gasteiger partial charge on any atom is 0.111 e. The summed E-state index contributed by atoms with van der Waals surface area (Å²) in [5.41, 5.74) is 5.64. The van der Waals surface area contributed by atoms with Gasteiger partial charge in [-0.3, -0.25) is 0 Å². The Morgan fingerprint density at radius 1 is 1.77 bits per heavy atom. The third-order valence-corrected chi connectivity index (χ3v) is 3.51. The van der Waals surface area contributed by atoms with Crippen molar-refractivity contribution in [2.24, 2.45) is 11.7 Å². The Morgan fingerprint density at radius 2 is 2.62 bits per heavy atom. The minimum absolute atomic E-state index is 0.683. The topological polar surface area (TPSA) is 42.2 Å². The van der Waals surface area contributed by atoms with E-state index < -0.39 is 0 Å². The number of anilines is 1. The molecule has 1 saturated heterocycles. The van der Waals surface area contributed by atoms with Crippen LogP contribution >= 0.6 is 11.3 Å². The maximum atomic E-state index is 5.64. The minimum Gasteiger partial charge on any atom is -0.362 e. The van der Waals surface area contributed by atoms with E-state index in [1.165, 1.54) is 11.4 Å². The van der Waals surface area contributed by atoms with Crippen molar-refractivity contribution in [1.29, 1.82) is 0 Å². The number of hydrogen-bond donors (Lipinski definition) is 1. The zero-order valence-electron chi connectivity index (χ0n) is 7.86. The van der Waals surface area contributed by atoms with Gasteiger partial charge in [0.2, 0.25) is 0 Å². The molecule has 1 aliphatic rings. The van der Waals surface area contributed by atoms with Crippen LogP contribution in [0.1, 0.15) is 11.4 Å². The lowest BCUT2D eigenvalue weighted by Crippen LogP contribution is -2.21. The third-order valence-electron chi connectivity index (χ3n) is 2.54. The molecule has 1 unspecified atom stereocenters. The number of thiazole rings is 1. The third kappa shape index (κ3) is 1.84. The number of hydrogen-bond acceptors (Lipinski definition) is 4. The quantitative estimate of drug-likeness (QED) is 0.775. The number of nitrogens with zero attached hydrogens (tertiary/aromatic N) is 2. The van der Waals surface area contributed by atoms with Gasteiger partial charge in [-0.05, 0) is 25.8 Å². The molecule has 2 rings (SSSR count). The van der Waals surface area contributed by atoms with Crippen molar-refractivity contribution in [2.75, 3.05) is 24.5 Å². The van der Waals surface area contributed by atoms with E-state index in [1.807, 2.05) is 13.1 Å². The molecule has 0 radical (unpaired) electrons. The van der Waals surface area contributed by atoms with Crippen LogP contribution in [0.4, 0.5) is 5.00 Å². The lowest BCUT2D eigenvalue weighted by Gasteiger charge is -2.14. The van der Waals surface area contributed by atoms with Crippen molar-refractivity contribution in [3.8, 4) is 0 Å². The zero-order chi connectivity index (χ0) is 9.26. The fourth-order valence-electron chi connectivity index (χ4n) is 1.72. The van der Waals surface area contributed by atoms with Crippen LogP contribution in [-0.2, 0) is 0 Å². The molecule has 72 valence electrons. The highest BCUT2D eigenvalue weighted by atomic mass is 32.1. The molecular formula is C9H15N3S. The van der Waals surface area contributed by atoms with Gasteiger partial charge in [-0.15, -0.1) is 11.3 Å². The molecule has 0 aromatic carbocycles. The second-order valence-electron chi connectivity index (χ2n) is 3.55. The number of aromatic nitrogens is 1. The van der Waals surface area contributed by atoms with Crippen LogP contribution in [0.3, 0.4) is 0 Å². The van der Waals surface area contributed by atoms with Gasteiger partial charge in [0, 0.05) is 13.1 Å². The van der Waals surface area contributed by atoms with E-state index in [4.69, 9.17) is 5.73 Å². The van der Waals surface area contributed by atoms with Crippen molar-refractivity contribution in [2.45, 2.75) is 13.3 Å². The fourth-order valence-corrected chi connectivity index (χ4v) is 2.53. The maximum absolute atomic E-state index is 5.64. The van der Waals surface area contributed by atoms with Gasteiger partial charge in [0.1, 0.15) is 5.00 Å². The molecule has 4 heteroatoms. The molecule has 0 amide bonds. The van der Waals surface area contributed by atoms with Gasteiger partial charge < -0.3 is 10.6 Å². The first kappa shape index (κ1) is 8.97. The normalized spacial score (nSPS) is 22.6. The summed E-state index contributed by atoms with van der Waals surface area (Å²) in [6.45, 7) is 5.11. The molecule has 2 heterocycles. The summed E-state index contributed by atoms with van der Waals surface area (Å²) in [5.74, 6) is 0.683. The van der Waals surface area contributed by atoms with Crippen LogP contribution in [0.2, 0.25) is 0 Å². The van der Waals surface area contributed by atoms with Gasteiger partial charge in [0.05, 0.1) is 11.2 Å². The molecule has 2 N–H and O–H groups in total. The first-order valence-electron chi connectivity index (χ1n) is 4.67. The molecule has 0 bridgehead atoms. The Morgan fingerprint density at radius 3 is 3.15 bits per heavy atom. The summed E-state index contributed by atoms with van der Waals surface area (Å²) < 4.78 is 0. The minimum atomic E-state index is 0.683. The van der Waals surface area contributed by atoms with Gasteiger partial charge in [-0.25, -0.2) is 4.98 Å². The Hall–Kier alpha value is -0.610. The first-order chi connectivity index (χ1) is 6.29. The van der Waals surface area contributed by atoms with E-state index in [0.717, 1.165) is 24.6 Å². The molecule has 0 spiro atoms. The number of rotatable bonds is 2. The first-order valence-corrected chi connectivity index (χ1v) is 5.48. The molecule has 13 heavy (non-hydrogen) atoms. The molecule has 1 fully saturated rings.